The maximum absolute atomic E-state index is 6.08. The molecule has 2 aromatic carbocycles. The van der Waals surface area contributed by atoms with Crippen LogP contribution in [0.1, 0.15) is 45.2 Å². The number of azo groups is 1. The van der Waals surface area contributed by atoms with Crippen LogP contribution in [0.25, 0.3) is 5.69 Å². The largest absolute Gasteiger partial charge is 0.494 e. The van der Waals surface area contributed by atoms with Gasteiger partial charge in [0, 0.05) is 6.07 Å². The van der Waals surface area contributed by atoms with Crippen molar-refractivity contribution < 1.29 is 9.47 Å². The van der Waals surface area contributed by atoms with Gasteiger partial charge in [0.15, 0.2) is 5.69 Å². The molecule has 1 heterocycles. The molecule has 158 valence electrons. The van der Waals surface area contributed by atoms with E-state index < -0.39 is 0 Å². The number of ether oxygens (including phenoxy) is 2. The minimum Gasteiger partial charge on any atom is -0.494 e. The van der Waals surface area contributed by atoms with Crippen molar-refractivity contribution in [3.8, 4) is 17.3 Å². The molecule has 0 radical (unpaired) electrons. The van der Waals surface area contributed by atoms with E-state index in [0.717, 1.165) is 48.5 Å². The van der Waals surface area contributed by atoms with Crippen LogP contribution >= 0.6 is 0 Å². The summed E-state index contributed by atoms with van der Waals surface area (Å²) in [7, 11) is 0. The molecule has 3 rings (SSSR count). The molecule has 0 aliphatic carbocycles. The molecule has 0 saturated heterocycles. The first-order valence-electron chi connectivity index (χ1n) is 10.6. The van der Waals surface area contributed by atoms with Crippen molar-refractivity contribution in [1.82, 2.24) is 9.78 Å². The molecule has 6 nitrogen and oxygen atoms in total. The fourth-order valence-corrected chi connectivity index (χ4v) is 2.88. The maximum atomic E-state index is 6.08. The van der Waals surface area contributed by atoms with Crippen LogP contribution in [0.2, 0.25) is 0 Å². The molecule has 6 heteroatoms. The van der Waals surface area contributed by atoms with E-state index >= 15 is 0 Å². The number of aromatic nitrogens is 2. The number of aryl methyl sites for hydroxylation is 1. The van der Waals surface area contributed by atoms with Gasteiger partial charge in [-0.2, -0.15) is 14.9 Å². The number of para-hydroxylation sites is 1. The van der Waals surface area contributed by atoms with E-state index in [1.807, 2.05) is 61.5 Å². The molecule has 0 N–H and O–H groups in total. The zero-order valence-corrected chi connectivity index (χ0v) is 18.0. The fourth-order valence-electron chi connectivity index (χ4n) is 2.88. The Morgan fingerprint density at radius 1 is 0.867 bits per heavy atom. The minimum absolute atomic E-state index is 0.609. The Labute approximate surface area is 178 Å². The third-order valence-electron chi connectivity index (χ3n) is 4.57. The molecule has 30 heavy (non-hydrogen) atoms. The van der Waals surface area contributed by atoms with Crippen molar-refractivity contribution in [2.45, 2.75) is 46.5 Å². The van der Waals surface area contributed by atoms with Gasteiger partial charge in [0.25, 0.3) is 0 Å². The average molecular weight is 407 g/mol. The third kappa shape index (κ3) is 5.69. The Morgan fingerprint density at radius 3 is 2.33 bits per heavy atom. The average Bonchev–Trinajstić information content (AvgIpc) is 3.09. The van der Waals surface area contributed by atoms with Crippen molar-refractivity contribution in [3.05, 3.63) is 60.3 Å². The predicted octanol–water partition coefficient (Wildman–Crippen LogP) is 6.95. The Hall–Kier alpha value is -3.15. The summed E-state index contributed by atoms with van der Waals surface area (Å²) in [4.78, 5) is 0. The molecule has 0 atom stereocenters. The monoisotopic (exact) mass is 406 g/mol. The van der Waals surface area contributed by atoms with Gasteiger partial charge in [-0.25, -0.2) is 0 Å². The number of rotatable bonds is 11. The summed E-state index contributed by atoms with van der Waals surface area (Å²) in [5.74, 6) is 1.42. The summed E-state index contributed by atoms with van der Waals surface area (Å²) in [5.41, 5.74) is 3.08. The second kappa shape index (κ2) is 11.1. The summed E-state index contributed by atoms with van der Waals surface area (Å²) in [6.45, 7) is 7.52. The van der Waals surface area contributed by atoms with Crippen LogP contribution in [0, 0.1) is 6.92 Å². The highest BCUT2D eigenvalue weighted by Gasteiger charge is 2.18. The number of benzene rings is 2. The van der Waals surface area contributed by atoms with E-state index in [2.05, 4.69) is 29.2 Å². The van der Waals surface area contributed by atoms with Crippen molar-refractivity contribution in [2.24, 2.45) is 10.2 Å². The van der Waals surface area contributed by atoms with Gasteiger partial charge in [0.05, 0.1) is 30.3 Å². The van der Waals surface area contributed by atoms with Gasteiger partial charge in [0.2, 0.25) is 5.88 Å². The molecule has 0 aliphatic rings. The summed E-state index contributed by atoms with van der Waals surface area (Å²) in [6, 6.07) is 17.6. The van der Waals surface area contributed by atoms with Gasteiger partial charge in [-0.05, 0) is 44.0 Å². The Balaban J connectivity index is 1.87. The minimum atomic E-state index is 0.609. The molecule has 0 amide bonds. The molecule has 3 aromatic rings. The van der Waals surface area contributed by atoms with Crippen LogP contribution < -0.4 is 9.47 Å². The molecule has 0 fully saturated rings. The molecule has 0 unspecified atom stereocenters. The number of unbranched alkanes of at least 4 members (excludes halogenated alkanes) is 2. The van der Waals surface area contributed by atoms with E-state index in [-0.39, 0.29) is 0 Å². The lowest BCUT2D eigenvalue weighted by molar-refractivity contribution is 0.290. The van der Waals surface area contributed by atoms with Crippen LogP contribution in [-0.2, 0) is 0 Å². The van der Waals surface area contributed by atoms with Crippen molar-refractivity contribution in [1.29, 1.82) is 0 Å². The Morgan fingerprint density at radius 2 is 1.60 bits per heavy atom. The van der Waals surface area contributed by atoms with Crippen molar-refractivity contribution >= 4 is 11.4 Å². The number of hydrogen-bond donors (Lipinski definition) is 0. The van der Waals surface area contributed by atoms with Crippen LogP contribution in [0.3, 0.4) is 0 Å². The first-order chi connectivity index (χ1) is 14.7. The smallest absolute Gasteiger partial charge is 0.245 e. The normalized spacial score (nSPS) is 11.2. The quantitative estimate of drug-likeness (QED) is 0.255. The second-order valence-corrected chi connectivity index (χ2v) is 7.09. The van der Waals surface area contributed by atoms with Gasteiger partial charge >= 0.3 is 0 Å². The fraction of sp³-hybridized carbons (Fsp3) is 0.375. The molecule has 0 aliphatic heterocycles. The van der Waals surface area contributed by atoms with E-state index in [4.69, 9.17) is 9.47 Å². The number of hydrogen-bond acceptors (Lipinski definition) is 5. The molecule has 0 saturated carbocycles. The SMILES string of the molecule is CCCCOc1cccc(N=Nc2c(C)nn(-c3ccccc3)c2OCCCC)c1. The topological polar surface area (TPSA) is 61.0 Å². The van der Waals surface area contributed by atoms with E-state index in [9.17, 15) is 0 Å². The van der Waals surface area contributed by atoms with Crippen molar-refractivity contribution in [3.63, 3.8) is 0 Å². The van der Waals surface area contributed by atoms with Crippen LogP contribution in [0.15, 0.2) is 64.8 Å². The molecular weight excluding hydrogens is 376 g/mol. The molecule has 0 spiro atoms. The summed E-state index contributed by atoms with van der Waals surface area (Å²) < 4.78 is 13.7. The van der Waals surface area contributed by atoms with Crippen LogP contribution in [-0.4, -0.2) is 23.0 Å². The van der Waals surface area contributed by atoms with Gasteiger partial charge in [0.1, 0.15) is 5.75 Å². The highest BCUT2D eigenvalue weighted by atomic mass is 16.5. The first-order valence-corrected chi connectivity index (χ1v) is 10.6. The number of nitrogens with zero attached hydrogens (tertiary/aromatic N) is 4. The highest BCUT2D eigenvalue weighted by molar-refractivity contribution is 5.55. The van der Waals surface area contributed by atoms with Crippen molar-refractivity contribution in [2.75, 3.05) is 13.2 Å². The zero-order chi connectivity index (χ0) is 21.2. The van der Waals surface area contributed by atoms with Crippen LogP contribution in [0.5, 0.6) is 11.6 Å². The summed E-state index contributed by atoms with van der Waals surface area (Å²) in [5, 5.41) is 13.6. The van der Waals surface area contributed by atoms with E-state index in [1.54, 1.807) is 4.68 Å². The lowest BCUT2D eigenvalue weighted by atomic mass is 10.3. The molecule has 1 aromatic heterocycles. The van der Waals surface area contributed by atoms with E-state index in [1.165, 1.54) is 0 Å². The Kier molecular flexibility index (Phi) is 8.01. The Bertz CT molecular complexity index is 951. The zero-order valence-electron chi connectivity index (χ0n) is 18.0. The highest BCUT2D eigenvalue weighted by Crippen LogP contribution is 2.35. The summed E-state index contributed by atoms with van der Waals surface area (Å²) in [6.07, 6.45) is 4.15. The first kappa shape index (κ1) is 21.6. The lowest BCUT2D eigenvalue weighted by Crippen LogP contribution is -2.04. The predicted molar refractivity (Wildman–Crippen MR) is 120 cm³/mol. The maximum Gasteiger partial charge on any atom is 0.245 e. The standard InChI is InChI=1S/C24H30N4O2/c1-4-6-16-29-22-15-11-12-20(18-22)25-26-23-19(3)27-28(21-13-9-8-10-14-21)24(23)30-17-7-5-2/h8-15,18H,4-7,16-17H2,1-3H3. The van der Waals surface area contributed by atoms with Gasteiger partial charge in [-0.1, -0.05) is 51.0 Å². The van der Waals surface area contributed by atoms with E-state index in [0.29, 0.717) is 24.8 Å². The van der Waals surface area contributed by atoms with Gasteiger partial charge < -0.3 is 9.47 Å². The third-order valence-corrected chi connectivity index (χ3v) is 4.57. The molecule has 0 bridgehead atoms. The summed E-state index contributed by atoms with van der Waals surface area (Å²) >= 11 is 0. The van der Waals surface area contributed by atoms with Crippen LogP contribution in [0.4, 0.5) is 11.4 Å². The lowest BCUT2D eigenvalue weighted by Gasteiger charge is -2.09. The second-order valence-electron chi connectivity index (χ2n) is 7.09. The molecular formula is C24H30N4O2. The van der Waals surface area contributed by atoms with Gasteiger partial charge in [-0.15, -0.1) is 5.11 Å². The van der Waals surface area contributed by atoms with Gasteiger partial charge in [-0.3, -0.25) is 0 Å².